The molecule has 7 heterocycles. The Morgan fingerprint density at radius 1 is 0.833 bits per heavy atom. The number of aromatic nitrogens is 8. The van der Waals surface area contributed by atoms with Crippen LogP contribution in [0, 0.1) is 0 Å². The monoisotopic (exact) mass is 473 g/mol. The van der Waals surface area contributed by atoms with E-state index < -0.39 is 0 Å². The average Bonchev–Trinajstić information content (AvgIpc) is 3.68. The topological polar surface area (TPSA) is 112 Å². The standard InChI is InChI=1S/C27H23N9/c1-2-8-36(7-1)16-17-9-19(12-29-11-17)20-10-21-25(34-35-26(21)31-13-20)27-32-23-15-30-14-22(24(23)33-27)18-3-5-28-6-4-18/h3-6,9-15H,1-2,7-8,16H2,(H,32,33)(H,31,34,35). The minimum absolute atomic E-state index is 0.666. The molecule has 0 bridgehead atoms. The summed E-state index contributed by atoms with van der Waals surface area (Å²) in [6, 6.07) is 8.22. The van der Waals surface area contributed by atoms with Crippen molar-refractivity contribution in [3.05, 3.63) is 73.2 Å². The number of aromatic amines is 2. The highest BCUT2D eigenvalue weighted by atomic mass is 15.2. The number of nitrogens with zero attached hydrogens (tertiary/aromatic N) is 7. The van der Waals surface area contributed by atoms with Crippen molar-refractivity contribution < 1.29 is 0 Å². The number of pyridine rings is 4. The predicted molar refractivity (Wildman–Crippen MR) is 138 cm³/mol. The van der Waals surface area contributed by atoms with E-state index in [0.717, 1.165) is 64.0 Å². The Hall–Kier alpha value is -4.50. The van der Waals surface area contributed by atoms with E-state index in [1.54, 1.807) is 18.6 Å². The van der Waals surface area contributed by atoms with Crippen molar-refractivity contribution in [2.45, 2.75) is 19.4 Å². The van der Waals surface area contributed by atoms with Crippen LogP contribution in [-0.4, -0.2) is 58.1 Å². The van der Waals surface area contributed by atoms with Crippen LogP contribution in [0.1, 0.15) is 18.4 Å². The summed E-state index contributed by atoms with van der Waals surface area (Å²) in [6.45, 7) is 3.25. The van der Waals surface area contributed by atoms with Crippen molar-refractivity contribution in [2.24, 2.45) is 0 Å². The molecule has 1 fully saturated rings. The van der Waals surface area contributed by atoms with Gasteiger partial charge in [-0.2, -0.15) is 5.10 Å². The number of nitrogens with one attached hydrogen (secondary N) is 2. The smallest absolute Gasteiger partial charge is 0.159 e. The molecule has 0 aliphatic carbocycles. The SMILES string of the molecule is c1cc(-c2cncc3[nH]c(-c4n[nH]c5ncc(-c6cncc(CN7CCCC7)c6)cc45)nc23)ccn1. The van der Waals surface area contributed by atoms with Crippen LogP contribution in [-0.2, 0) is 6.54 Å². The lowest BCUT2D eigenvalue weighted by atomic mass is 10.1. The first-order valence-corrected chi connectivity index (χ1v) is 12.1. The van der Waals surface area contributed by atoms with E-state index in [1.165, 1.54) is 18.4 Å². The van der Waals surface area contributed by atoms with Gasteiger partial charge in [-0.1, -0.05) is 0 Å². The highest BCUT2D eigenvalue weighted by Crippen LogP contribution is 2.32. The molecule has 7 rings (SSSR count). The largest absolute Gasteiger partial charge is 0.335 e. The molecule has 9 heteroatoms. The maximum Gasteiger partial charge on any atom is 0.159 e. The fraction of sp³-hybridized carbons (Fsp3) is 0.185. The van der Waals surface area contributed by atoms with Crippen molar-refractivity contribution in [3.63, 3.8) is 0 Å². The third-order valence-electron chi connectivity index (χ3n) is 6.76. The van der Waals surface area contributed by atoms with Gasteiger partial charge in [-0.15, -0.1) is 0 Å². The van der Waals surface area contributed by atoms with Gasteiger partial charge in [0.05, 0.1) is 22.6 Å². The number of likely N-dealkylation sites (tertiary alicyclic amines) is 1. The molecule has 0 saturated carbocycles. The minimum atomic E-state index is 0.666. The summed E-state index contributed by atoms with van der Waals surface area (Å²) in [5.74, 6) is 0.666. The van der Waals surface area contributed by atoms with Crippen LogP contribution >= 0.6 is 0 Å². The van der Waals surface area contributed by atoms with Gasteiger partial charge in [0.2, 0.25) is 0 Å². The number of hydrogen-bond acceptors (Lipinski definition) is 7. The molecule has 0 aromatic carbocycles. The molecule has 0 amide bonds. The molecule has 176 valence electrons. The summed E-state index contributed by atoms with van der Waals surface area (Å²) >= 11 is 0. The van der Waals surface area contributed by atoms with Crippen LogP contribution in [0.4, 0.5) is 0 Å². The van der Waals surface area contributed by atoms with Gasteiger partial charge in [0.15, 0.2) is 11.5 Å². The Morgan fingerprint density at radius 2 is 1.67 bits per heavy atom. The van der Waals surface area contributed by atoms with Crippen LogP contribution in [0.5, 0.6) is 0 Å². The molecule has 6 aromatic rings. The Balaban J connectivity index is 1.28. The number of hydrogen-bond donors (Lipinski definition) is 2. The first-order valence-electron chi connectivity index (χ1n) is 12.1. The molecule has 0 radical (unpaired) electrons. The van der Waals surface area contributed by atoms with E-state index in [4.69, 9.17) is 4.98 Å². The van der Waals surface area contributed by atoms with Crippen molar-refractivity contribution in [1.29, 1.82) is 0 Å². The van der Waals surface area contributed by atoms with Gasteiger partial charge in [-0.3, -0.25) is 25.0 Å². The van der Waals surface area contributed by atoms with Crippen molar-refractivity contribution in [1.82, 2.24) is 45.0 Å². The van der Waals surface area contributed by atoms with Gasteiger partial charge < -0.3 is 4.98 Å². The minimum Gasteiger partial charge on any atom is -0.335 e. The zero-order chi connectivity index (χ0) is 23.9. The van der Waals surface area contributed by atoms with Crippen LogP contribution in [0.25, 0.3) is 55.8 Å². The maximum absolute atomic E-state index is 4.91. The van der Waals surface area contributed by atoms with E-state index in [9.17, 15) is 0 Å². The Kier molecular flexibility index (Phi) is 4.99. The molecular weight excluding hydrogens is 450 g/mol. The molecule has 0 atom stereocenters. The Labute approximate surface area is 206 Å². The van der Waals surface area contributed by atoms with Crippen LogP contribution in [0.3, 0.4) is 0 Å². The van der Waals surface area contributed by atoms with Gasteiger partial charge in [0, 0.05) is 60.4 Å². The number of imidazole rings is 1. The van der Waals surface area contributed by atoms with E-state index in [1.807, 2.05) is 36.9 Å². The molecule has 1 aliphatic heterocycles. The summed E-state index contributed by atoms with van der Waals surface area (Å²) in [6.07, 6.45) is 15.4. The highest BCUT2D eigenvalue weighted by molar-refractivity contribution is 5.96. The molecule has 36 heavy (non-hydrogen) atoms. The van der Waals surface area contributed by atoms with Crippen molar-refractivity contribution in [3.8, 4) is 33.8 Å². The third-order valence-corrected chi connectivity index (χ3v) is 6.76. The van der Waals surface area contributed by atoms with Crippen molar-refractivity contribution in [2.75, 3.05) is 13.1 Å². The third kappa shape index (κ3) is 3.70. The van der Waals surface area contributed by atoms with Gasteiger partial charge in [-0.05, 0) is 61.3 Å². The number of fused-ring (bicyclic) bond motifs is 2. The molecule has 6 aromatic heterocycles. The second-order valence-corrected chi connectivity index (χ2v) is 9.16. The van der Waals surface area contributed by atoms with Crippen LogP contribution < -0.4 is 0 Å². The van der Waals surface area contributed by atoms with Crippen LogP contribution in [0.15, 0.2) is 67.6 Å². The molecule has 0 spiro atoms. The summed E-state index contributed by atoms with van der Waals surface area (Å²) in [7, 11) is 0. The van der Waals surface area contributed by atoms with E-state index >= 15 is 0 Å². The van der Waals surface area contributed by atoms with Gasteiger partial charge in [-0.25, -0.2) is 9.97 Å². The van der Waals surface area contributed by atoms with Gasteiger partial charge in [0.25, 0.3) is 0 Å². The van der Waals surface area contributed by atoms with E-state index in [-0.39, 0.29) is 0 Å². The molecule has 2 N–H and O–H groups in total. The zero-order valence-corrected chi connectivity index (χ0v) is 19.5. The Morgan fingerprint density at radius 3 is 2.56 bits per heavy atom. The van der Waals surface area contributed by atoms with Crippen LogP contribution in [0.2, 0.25) is 0 Å². The quantitative estimate of drug-likeness (QED) is 0.376. The van der Waals surface area contributed by atoms with E-state index in [0.29, 0.717) is 11.5 Å². The highest BCUT2D eigenvalue weighted by Gasteiger charge is 2.17. The molecule has 1 saturated heterocycles. The molecule has 1 aliphatic rings. The maximum atomic E-state index is 4.91. The second-order valence-electron chi connectivity index (χ2n) is 9.16. The average molecular weight is 474 g/mol. The summed E-state index contributed by atoms with van der Waals surface area (Å²) in [4.78, 5) is 28.5. The van der Waals surface area contributed by atoms with E-state index in [2.05, 4.69) is 52.1 Å². The van der Waals surface area contributed by atoms with Crippen molar-refractivity contribution >= 4 is 22.1 Å². The van der Waals surface area contributed by atoms with Gasteiger partial charge in [0.1, 0.15) is 5.69 Å². The zero-order valence-electron chi connectivity index (χ0n) is 19.5. The molecule has 9 nitrogen and oxygen atoms in total. The Bertz CT molecular complexity index is 1680. The normalized spacial score (nSPS) is 14.2. The predicted octanol–water partition coefficient (Wildman–Crippen LogP) is 4.62. The first kappa shape index (κ1) is 20.8. The number of rotatable bonds is 5. The summed E-state index contributed by atoms with van der Waals surface area (Å²) in [5.41, 5.74) is 8.33. The molecular formula is C27H23N9. The fourth-order valence-electron chi connectivity index (χ4n) is 4.96. The first-order chi connectivity index (χ1) is 17.8. The second kappa shape index (κ2) is 8.62. The molecule has 0 unspecified atom stereocenters. The number of H-pyrrole nitrogens is 2. The lowest BCUT2D eigenvalue weighted by Crippen LogP contribution is -2.18. The lowest BCUT2D eigenvalue weighted by molar-refractivity contribution is 0.331. The lowest BCUT2D eigenvalue weighted by Gasteiger charge is -2.14. The summed E-state index contributed by atoms with van der Waals surface area (Å²) < 4.78 is 0. The fourth-order valence-corrected chi connectivity index (χ4v) is 4.96. The van der Waals surface area contributed by atoms with Gasteiger partial charge >= 0.3 is 0 Å². The summed E-state index contributed by atoms with van der Waals surface area (Å²) in [5, 5.41) is 8.50.